The van der Waals surface area contributed by atoms with Crippen LogP contribution in [-0.4, -0.2) is 30.2 Å². The first-order valence-electron chi connectivity index (χ1n) is 6.99. The van der Waals surface area contributed by atoms with Crippen molar-refractivity contribution in [1.82, 2.24) is 10.6 Å². The zero-order valence-electron chi connectivity index (χ0n) is 12.1. The molecule has 21 heavy (non-hydrogen) atoms. The van der Waals surface area contributed by atoms with Crippen molar-refractivity contribution in [2.75, 3.05) is 13.1 Å². The van der Waals surface area contributed by atoms with Crippen molar-refractivity contribution in [1.29, 1.82) is 0 Å². The summed E-state index contributed by atoms with van der Waals surface area (Å²) < 4.78 is 12.7. The molecule has 1 rings (SSSR count). The molecule has 0 aliphatic carbocycles. The Labute approximate surface area is 123 Å². The summed E-state index contributed by atoms with van der Waals surface area (Å²) in [5, 5.41) is 14.1. The van der Waals surface area contributed by atoms with E-state index in [1.807, 2.05) is 6.92 Å². The normalized spacial score (nSPS) is 11.7. The Morgan fingerprint density at radius 2 is 1.90 bits per heavy atom. The van der Waals surface area contributed by atoms with Crippen LogP contribution in [0.25, 0.3) is 0 Å². The van der Waals surface area contributed by atoms with Gasteiger partial charge < -0.3 is 15.7 Å². The van der Waals surface area contributed by atoms with E-state index in [9.17, 15) is 14.0 Å². The van der Waals surface area contributed by atoms with Gasteiger partial charge in [0.05, 0.1) is 0 Å². The van der Waals surface area contributed by atoms with Crippen LogP contribution >= 0.6 is 0 Å². The summed E-state index contributed by atoms with van der Waals surface area (Å²) in [6.07, 6.45) is 1.36. The smallest absolute Gasteiger partial charge is 0.314 e. The van der Waals surface area contributed by atoms with Crippen LogP contribution in [0.4, 0.5) is 9.18 Å². The number of urea groups is 1. The first kappa shape index (κ1) is 16.9. The summed E-state index contributed by atoms with van der Waals surface area (Å²) in [5.41, 5.74) is 0.939. The maximum Gasteiger partial charge on any atom is 0.314 e. The molecule has 1 aromatic carbocycles. The molecule has 1 unspecified atom stereocenters. The number of aliphatic carboxylic acids is 1. The van der Waals surface area contributed by atoms with Crippen molar-refractivity contribution >= 4 is 12.0 Å². The highest BCUT2D eigenvalue weighted by molar-refractivity contribution is 5.74. The number of benzene rings is 1. The van der Waals surface area contributed by atoms with Gasteiger partial charge in [-0.05, 0) is 30.0 Å². The minimum Gasteiger partial charge on any atom is -0.481 e. The van der Waals surface area contributed by atoms with Crippen LogP contribution in [0, 0.1) is 11.7 Å². The van der Waals surface area contributed by atoms with Gasteiger partial charge in [-0.25, -0.2) is 9.18 Å². The van der Waals surface area contributed by atoms with Gasteiger partial charge >= 0.3 is 12.0 Å². The molecule has 0 aliphatic heterocycles. The van der Waals surface area contributed by atoms with E-state index in [2.05, 4.69) is 10.6 Å². The lowest BCUT2D eigenvalue weighted by atomic mass is 10.0. The third kappa shape index (κ3) is 7.29. The number of hydrogen-bond acceptors (Lipinski definition) is 2. The molecule has 6 heteroatoms. The van der Waals surface area contributed by atoms with Crippen LogP contribution in [0.5, 0.6) is 0 Å². The number of carboxylic acid groups (broad SMARTS) is 1. The molecule has 0 saturated carbocycles. The lowest BCUT2D eigenvalue weighted by Gasteiger charge is -2.14. The fraction of sp³-hybridized carbons (Fsp3) is 0.467. The summed E-state index contributed by atoms with van der Waals surface area (Å²) in [6.45, 7) is 2.67. The topological polar surface area (TPSA) is 78.4 Å². The van der Waals surface area contributed by atoms with Gasteiger partial charge in [-0.1, -0.05) is 25.5 Å². The molecule has 0 aromatic heterocycles. The highest BCUT2D eigenvalue weighted by Crippen LogP contribution is 2.06. The third-order valence-corrected chi connectivity index (χ3v) is 3.20. The molecule has 0 spiro atoms. The average molecular weight is 296 g/mol. The Hall–Kier alpha value is -2.11. The van der Waals surface area contributed by atoms with Crippen molar-refractivity contribution in [2.45, 2.75) is 26.2 Å². The van der Waals surface area contributed by atoms with Crippen molar-refractivity contribution in [2.24, 2.45) is 5.92 Å². The second-order valence-electron chi connectivity index (χ2n) is 4.89. The molecule has 0 saturated heterocycles. The van der Waals surface area contributed by atoms with Gasteiger partial charge in [0, 0.05) is 19.5 Å². The van der Waals surface area contributed by atoms with Crippen molar-refractivity contribution in [3.8, 4) is 0 Å². The van der Waals surface area contributed by atoms with Crippen molar-refractivity contribution < 1.29 is 19.1 Å². The molecule has 0 bridgehead atoms. The highest BCUT2D eigenvalue weighted by Gasteiger charge is 2.12. The summed E-state index contributed by atoms with van der Waals surface area (Å²) >= 11 is 0. The van der Waals surface area contributed by atoms with Crippen LogP contribution in [0.3, 0.4) is 0 Å². The maximum absolute atomic E-state index is 12.7. The van der Waals surface area contributed by atoms with E-state index < -0.39 is 5.97 Å². The van der Waals surface area contributed by atoms with E-state index >= 15 is 0 Å². The van der Waals surface area contributed by atoms with Gasteiger partial charge in [0.15, 0.2) is 0 Å². The van der Waals surface area contributed by atoms with E-state index in [1.165, 1.54) is 12.1 Å². The number of carboxylic acids is 1. The van der Waals surface area contributed by atoms with Gasteiger partial charge in [-0.15, -0.1) is 0 Å². The fourth-order valence-electron chi connectivity index (χ4n) is 1.88. The Kier molecular flexibility index (Phi) is 7.21. The number of nitrogens with one attached hydrogen (secondary N) is 2. The largest absolute Gasteiger partial charge is 0.481 e. The number of rotatable bonds is 8. The van der Waals surface area contributed by atoms with E-state index in [0.29, 0.717) is 25.9 Å². The Morgan fingerprint density at radius 1 is 1.24 bits per heavy atom. The van der Waals surface area contributed by atoms with E-state index in [0.717, 1.165) is 5.56 Å². The molecular weight excluding hydrogens is 275 g/mol. The SMILES string of the molecule is CCC(CNC(=O)NCCc1ccc(F)cc1)CC(=O)O. The third-order valence-electron chi connectivity index (χ3n) is 3.20. The number of halogens is 1. The minimum absolute atomic E-state index is 0.0480. The number of hydrogen-bond donors (Lipinski definition) is 3. The molecule has 1 aromatic rings. The maximum atomic E-state index is 12.7. The summed E-state index contributed by atoms with van der Waals surface area (Å²) in [4.78, 5) is 22.2. The Balaban J connectivity index is 2.21. The second-order valence-corrected chi connectivity index (χ2v) is 4.89. The second kappa shape index (κ2) is 8.94. The number of amides is 2. The molecule has 3 N–H and O–H groups in total. The van der Waals surface area contributed by atoms with E-state index in [-0.39, 0.29) is 24.2 Å². The van der Waals surface area contributed by atoms with E-state index in [4.69, 9.17) is 5.11 Å². The molecule has 116 valence electrons. The van der Waals surface area contributed by atoms with Gasteiger partial charge in [-0.3, -0.25) is 4.79 Å². The Morgan fingerprint density at radius 3 is 2.48 bits per heavy atom. The van der Waals surface area contributed by atoms with Gasteiger partial charge in [-0.2, -0.15) is 0 Å². The van der Waals surface area contributed by atoms with Gasteiger partial charge in [0.25, 0.3) is 0 Å². The average Bonchev–Trinajstić information content (AvgIpc) is 2.45. The molecule has 0 heterocycles. The lowest BCUT2D eigenvalue weighted by Crippen LogP contribution is -2.39. The predicted molar refractivity (Wildman–Crippen MR) is 77.5 cm³/mol. The molecular formula is C15H21FN2O3. The molecule has 0 fully saturated rings. The summed E-state index contributed by atoms with van der Waals surface area (Å²) in [5.74, 6) is -1.21. The first-order valence-corrected chi connectivity index (χ1v) is 6.99. The molecule has 0 aliphatic rings. The summed E-state index contributed by atoms with van der Waals surface area (Å²) in [6, 6.07) is 5.80. The monoisotopic (exact) mass is 296 g/mol. The molecule has 2 amide bonds. The Bertz CT molecular complexity index is 462. The van der Waals surface area contributed by atoms with Gasteiger partial charge in [0.1, 0.15) is 5.82 Å². The molecule has 5 nitrogen and oxygen atoms in total. The van der Waals surface area contributed by atoms with Crippen LogP contribution < -0.4 is 10.6 Å². The van der Waals surface area contributed by atoms with Crippen molar-refractivity contribution in [3.63, 3.8) is 0 Å². The molecule has 1 atom stereocenters. The fourth-order valence-corrected chi connectivity index (χ4v) is 1.88. The van der Waals surface area contributed by atoms with Gasteiger partial charge in [0.2, 0.25) is 0 Å². The zero-order valence-corrected chi connectivity index (χ0v) is 12.1. The zero-order chi connectivity index (χ0) is 15.7. The van der Waals surface area contributed by atoms with E-state index in [1.54, 1.807) is 12.1 Å². The molecule has 0 radical (unpaired) electrons. The quantitative estimate of drug-likeness (QED) is 0.688. The van der Waals surface area contributed by atoms with Crippen LogP contribution in [0.2, 0.25) is 0 Å². The standard InChI is InChI=1S/C15H21FN2O3/c1-2-11(9-14(19)20)10-18-15(21)17-8-7-12-3-5-13(16)6-4-12/h3-6,11H,2,7-10H2,1H3,(H,19,20)(H2,17,18,21). The number of carbonyl (C=O) groups excluding carboxylic acids is 1. The predicted octanol–water partition coefficient (Wildman–Crippen LogP) is 2.17. The summed E-state index contributed by atoms with van der Waals surface area (Å²) in [7, 11) is 0. The minimum atomic E-state index is -0.861. The first-order chi connectivity index (χ1) is 10.0. The highest BCUT2D eigenvalue weighted by atomic mass is 19.1. The van der Waals surface area contributed by atoms with Crippen molar-refractivity contribution in [3.05, 3.63) is 35.6 Å². The lowest BCUT2D eigenvalue weighted by molar-refractivity contribution is -0.138. The van der Waals surface area contributed by atoms with Crippen LogP contribution in [0.1, 0.15) is 25.3 Å². The van der Waals surface area contributed by atoms with Crippen LogP contribution in [-0.2, 0) is 11.2 Å². The number of carbonyl (C=O) groups is 2. The van der Waals surface area contributed by atoms with Crippen LogP contribution in [0.15, 0.2) is 24.3 Å².